The highest BCUT2D eigenvalue weighted by Gasteiger charge is 2.23. The lowest BCUT2D eigenvalue weighted by atomic mass is 9.93. The quantitative estimate of drug-likeness (QED) is 0.497. The molecule has 1 aliphatic rings. The monoisotopic (exact) mass is 402 g/mol. The third-order valence-electron chi connectivity index (χ3n) is 5.63. The van der Waals surface area contributed by atoms with Crippen LogP contribution in [-0.2, 0) is 6.54 Å². The molecule has 6 heteroatoms. The Labute approximate surface area is 173 Å². The summed E-state index contributed by atoms with van der Waals surface area (Å²) in [5.74, 6) is 2.66. The summed E-state index contributed by atoms with van der Waals surface area (Å²) in [7, 11) is 0. The van der Waals surface area contributed by atoms with Gasteiger partial charge in [-0.3, -0.25) is 0 Å². The molecule has 0 spiro atoms. The largest absolute Gasteiger partial charge is 0.391 e. The molecule has 2 N–H and O–H groups in total. The number of anilines is 1. The maximum Gasteiger partial charge on any atom is 0.184 e. The second-order valence-corrected chi connectivity index (χ2v) is 8.67. The summed E-state index contributed by atoms with van der Waals surface area (Å²) in [4.78, 5) is 9.19. The van der Waals surface area contributed by atoms with E-state index >= 15 is 0 Å². The zero-order chi connectivity index (χ0) is 19.8. The number of aromatic nitrogens is 3. The van der Waals surface area contributed by atoms with Crippen molar-refractivity contribution < 1.29 is 5.11 Å². The summed E-state index contributed by atoms with van der Waals surface area (Å²) in [6.07, 6.45) is 11.2. The van der Waals surface area contributed by atoms with Gasteiger partial charge in [0.25, 0.3) is 0 Å². The molecule has 1 aliphatic carbocycles. The summed E-state index contributed by atoms with van der Waals surface area (Å²) in [5.41, 5.74) is 5.02. The first-order valence-corrected chi connectivity index (χ1v) is 10.8. The predicted molar refractivity (Wildman–Crippen MR) is 118 cm³/mol. The molecule has 2 aromatic heterocycles. The van der Waals surface area contributed by atoms with Crippen LogP contribution in [-0.4, -0.2) is 31.8 Å². The lowest BCUT2D eigenvalue weighted by Gasteiger charge is -2.27. The lowest BCUT2D eigenvalue weighted by molar-refractivity contribution is 0.116. The number of aliphatic hydroxyl groups excluding tert-OH is 1. The van der Waals surface area contributed by atoms with Gasteiger partial charge in [-0.1, -0.05) is 36.2 Å². The zero-order valence-electron chi connectivity index (χ0n) is 16.0. The number of fused-ring (bicyclic) bond motifs is 2. The molecule has 0 radical (unpaired) electrons. The Bertz CT molecular complexity index is 1220. The molecule has 2 atom stereocenters. The van der Waals surface area contributed by atoms with E-state index in [4.69, 9.17) is 11.4 Å². The van der Waals surface area contributed by atoms with Crippen molar-refractivity contribution >= 4 is 37.7 Å². The summed E-state index contributed by atoms with van der Waals surface area (Å²) in [6, 6.07) is 12.4. The first-order valence-electron chi connectivity index (χ1n) is 9.95. The van der Waals surface area contributed by atoms with Gasteiger partial charge in [-0.05, 0) is 48.7 Å². The summed E-state index contributed by atoms with van der Waals surface area (Å²) < 4.78 is 3.28. The fourth-order valence-corrected chi connectivity index (χ4v) is 5.03. The number of thiazole rings is 1. The van der Waals surface area contributed by atoms with E-state index in [9.17, 15) is 5.11 Å². The second kappa shape index (κ2) is 7.51. The minimum Gasteiger partial charge on any atom is -0.391 e. The summed E-state index contributed by atoms with van der Waals surface area (Å²) in [6.45, 7) is 0.740. The fourth-order valence-electron chi connectivity index (χ4n) is 4.04. The SMILES string of the molecule is C#Cc1ccc2c(c1)ncn2Cc1ccc2nc(N[C@@H]3CCCC[C@H]3O)sc2c1. The molecule has 1 saturated carbocycles. The molecule has 2 aromatic carbocycles. The van der Waals surface area contributed by atoms with Gasteiger partial charge in [-0.25, -0.2) is 9.97 Å². The Hall–Kier alpha value is -2.88. The highest BCUT2D eigenvalue weighted by atomic mass is 32.1. The molecule has 0 aliphatic heterocycles. The molecule has 29 heavy (non-hydrogen) atoms. The van der Waals surface area contributed by atoms with Gasteiger partial charge in [0.1, 0.15) is 0 Å². The Morgan fingerprint density at radius 2 is 2.07 bits per heavy atom. The van der Waals surface area contributed by atoms with Crippen LogP contribution in [0.3, 0.4) is 0 Å². The minimum atomic E-state index is -0.282. The number of imidazole rings is 1. The third-order valence-corrected chi connectivity index (χ3v) is 6.58. The standard InChI is InChI=1S/C23H22N4OS/c1-2-15-8-10-20-19(11-15)24-14-27(20)13-16-7-9-18-22(12-16)29-23(26-18)25-17-5-3-4-6-21(17)28/h1,7-12,14,17,21,28H,3-6,13H2,(H,25,26)/t17-,21-/m1/s1. The van der Waals surface area contributed by atoms with Gasteiger partial charge in [0.05, 0.1) is 39.7 Å². The van der Waals surface area contributed by atoms with Crippen molar-refractivity contribution in [2.24, 2.45) is 0 Å². The van der Waals surface area contributed by atoms with Crippen LogP contribution in [0, 0.1) is 12.3 Å². The van der Waals surface area contributed by atoms with Crippen LogP contribution in [0.1, 0.15) is 36.8 Å². The summed E-state index contributed by atoms with van der Waals surface area (Å²) >= 11 is 1.65. The van der Waals surface area contributed by atoms with E-state index in [0.29, 0.717) is 0 Å². The molecule has 146 valence electrons. The molecule has 1 fully saturated rings. The number of hydrogen-bond acceptors (Lipinski definition) is 5. The van der Waals surface area contributed by atoms with Crippen LogP contribution < -0.4 is 5.32 Å². The van der Waals surface area contributed by atoms with Crippen molar-refractivity contribution in [2.75, 3.05) is 5.32 Å². The van der Waals surface area contributed by atoms with E-state index < -0.39 is 0 Å². The van der Waals surface area contributed by atoms with Gasteiger partial charge >= 0.3 is 0 Å². The molecule has 2 heterocycles. The Kier molecular flexibility index (Phi) is 4.70. The third kappa shape index (κ3) is 3.59. The van der Waals surface area contributed by atoms with E-state index in [-0.39, 0.29) is 12.1 Å². The molecular weight excluding hydrogens is 380 g/mol. The van der Waals surface area contributed by atoms with Gasteiger partial charge < -0.3 is 15.0 Å². The van der Waals surface area contributed by atoms with E-state index in [1.165, 1.54) is 5.56 Å². The van der Waals surface area contributed by atoms with Gasteiger partial charge in [0.15, 0.2) is 5.13 Å². The van der Waals surface area contributed by atoms with Crippen LogP contribution >= 0.6 is 11.3 Å². The van der Waals surface area contributed by atoms with Crippen LogP contribution in [0.25, 0.3) is 21.3 Å². The van der Waals surface area contributed by atoms with E-state index in [2.05, 4.69) is 39.0 Å². The number of hydrogen-bond donors (Lipinski definition) is 2. The first kappa shape index (κ1) is 18.2. The van der Waals surface area contributed by atoms with Crippen LogP contribution in [0.15, 0.2) is 42.7 Å². The molecule has 0 saturated heterocycles. The van der Waals surface area contributed by atoms with Crippen LogP contribution in [0.2, 0.25) is 0 Å². The highest BCUT2D eigenvalue weighted by Crippen LogP contribution is 2.30. The number of rotatable bonds is 4. The molecule has 0 amide bonds. The Morgan fingerprint density at radius 3 is 2.93 bits per heavy atom. The van der Waals surface area contributed by atoms with Crippen molar-refractivity contribution in [1.82, 2.24) is 14.5 Å². The highest BCUT2D eigenvalue weighted by molar-refractivity contribution is 7.22. The van der Waals surface area contributed by atoms with Crippen LogP contribution in [0.4, 0.5) is 5.13 Å². The van der Waals surface area contributed by atoms with Crippen molar-refractivity contribution in [1.29, 1.82) is 0 Å². The van der Waals surface area contributed by atoms with Crippen molar-refractivity contribution in [3.63, 3.8) is 0 Å². The molecular formula is C23H22N4OS. The fraction of sp³-hybridized carbons (Fsp3) is 0.304. The molecule has 5 nitrogen and oxygen atoms in total. The van der Waals surface area contributed by atoms with E-state index in [1.54, 1.807) is 11.3 Å². The number of terminal acetylenes is 1. The normalized spacial score (nSPS) is 19.4. The minimum absolute atomic E-state index is 0.106. The maximum absolute atomic E-state index is 10.2. The topological polar surface area (TPSA) is 63.0 Å². The number of aliphatic hydroxyl groups is 1. The molecule has 5 rings (SSSR count). The average Bonchev–Trinajstić information content (AvgIpc) is 3.32. The van der Waals surface area contributed by atoms with Crippen molar-refractivity contribution in [3.8, 4) is 12.3 Å². The number of nitrogens with one attached hydrogen (secondary N) is 1. The summed E-state index contributed by atoms with van der Waals surface area (Å²) in [5, 5.41) is 14.5. The Balaban J connectivity index is 1.38. The molecule has 0 bridgehead atoms. The smallest absolute Gasteiger partial charge is 0.184 e. The van der Waals surface area contributed by atoms with Gasteiger partial charge in [0, 0.05) is 12.1 Å². The number of nitrogens with zero attached hydrogens (tertiary/aromatic N) is 3. The second-order valence-electron chi connectivity index (χ2n) is 7.64. The molecule has 4 aromatic rings. The van der Waals surface area contributed by atoms with E-state index in [0.717, 1.165) is 64.2 Å². The number of benzene rings is 2. The Morgan fingerprint density at radius 1 is 1.17 bits per heavy atom. The maximum atomic E-state index is 10.2. The van der Waals surface area contributed by atoms with Gasteiger partial charge in [-0.15, -0.1) is 6.42 Å². The first-order chi connectivity index (χ1) is 14.2. The van der Waals surface area contributed by atoms with Gasteiger partial charge in [0.2, 0.25) is 0 Å². The van der Waals surface area contributed by atoms with Crippen LogP contribution in [0.5, 0.6) is 0 Å². The lowest BCUT2D eigenvalue weighted by Crippen LogP contribution is -2.36. The zero-order valence-corrected chi connectivity index (χ0v) is 16.8. The predicted octanol–water partition coefficient (Wildman–Crippen LogP) is 4.39. The van der Waals surface area contributed by atoms with E-state index in [1.807, 2.05) is 24.5 Å². The van der Waals surface area contributed by atoms with Crippen molar-refractivity contribution in [2.45, 2.75) is 44.4 Å². The van der Waals surface area contributed by atoms with Crippen molar-refractivity contribution in [3.05, 3.63) is 53.9 Å². The average molecular weight is 403 g/mol. The van der Waals surface area contributed by atoms with Gasteiger partial charge in [-0.2, -0.15) is 0 Å². The molecule has 0 unspecified atom stereocenters.